The van der Waals surface area contributed by atoms with E-state index in [-0.39, 0.29) is 23.1 Å². The molecule has 0 bridgehead atoms. The first-order chi connectivity index (χ1) is 14.9. The molecule has 32 heavy (non-hydrogen) atoms. The van der Waals surface area contributed by atoms with Crippen LogP contribution >= 0.6 is 0 Å². The summed E-state index contributed by atoms with van der Waals surface area (Å²) in [4.78, 5) is 0. The van der Waals surface area contributed by atoms with Crippen LogP contribution in [0.2, 0.25) is 5.04 Å². The number of alkyl halides is 3. The second-order valence-electron chi connectivity index (χ2n) is 8.88. The molecule has 1 aliphatic rings. The zero-order valence-electron chi connectivity index (χ0n) is 18.2. The van der Waals surface area contributed by atoms with Gasteiger partial charge in [0.1, 0.15) is 5.76 Å². The van der Waals surface area contributed by atoms with Gasteiger partial charge in [-0.15, -0.1) is 0 Å². The van der Waals surface area contributed by atoms with Gasteiger partial charge in [0.05, 0.1) is 0 Å². The Kier molecular flexibility index (Phi) is 6.93. The van der Waals surface area contributed by atoms with E-state index < -0.39 is 23.9 Å². The van der Waals surface area contributed by atoms with Gasteiger partial charge in [0.2, 0.25) is 0 Å². The molecule has 0 aliphatic heterocycles. The van der Waals surface area contributed by atoms with Crippen molar-refractivity contribution in [1.82, 2.24) is 0 Å². The Hall–Kier alpha value is -2.10. The molecule has 0 N–H and O–H groups in total. The number of allylic oxidation sites excluding steroid dienone is 2. The van der Waals surface area contributed by atoms with Crippen LogP contribution < -0.4 is 10.4 Å². The van der Waals surface area contributed by atoms with Crippen LogP contribution in [-0.2, 0) is 18.7 Å². The monoisotopic (exact) mass is 484 g/mol. The van der Waals surface area contributed by atoms with Gasteiger partial charge in [-0.3, -0.25) is 0 Å². The molecule has 1 aliphatic carbocycles. The average Bonchev–Trinajstić information content (AvgIpc) is 2.68. The fraction of sp³-hybridized carbons (Fsp3) is 0.391. The van der Waals surface area contributed by atoms with E-state index >= 15 is 0 Å². The Bertz CT molecular complexity index is 1010. The molecule has 1 unspecified atom stereocenters. The molecule has 2 aromatic carbocycles. The molecule has 2 aromatic rings. The van der Waals surface area contributed by atoms with E-state index in [0.29, 0.717) is 13.0 Å². The molecule has 1 atom stereocenters. The molecule has 0 amide bonds. The Labute approximate surface area is 188 Å². The molecular weight excluding hydrogens is 457 g/mol. The zero-order chi connectivity index (χ0) is 23.6. The number of halogens is 3. The van der Waals surface area contributed by atoms with Crippen molar-refractivity contribution in [1.29, 1.82) is 0 Å². The van der Waals surface area contributed by atoms with Crippen LogP contribution in [0.15, 0.2) is 72.5 Å². The molecule has 0 aromatic heterocycles. The van der Waals surface area contributed by atoms with Gasteiger partial charge in [0, 0.05) is 13.0 Å². The van der Waals surface area contributed by atoms with Crippen LogP contribution in [-0.4, -0.2) is 28.9 Å². The minimum Gasteiger partial charge on any atom is -0.407 e. The van der Waals surface area contributed by atoms with Crippen molar-refractivity contribution >= 4 is 28.8 Å². The number of rotatable bonds is 8. The summed E-state index contributed by atoms with van der Waals surface area (Å²) in [6.45, 7) is 6.89. The van der Waals surface area contributed by atoms with E-state index in [2.05, 4.69) is 49.2 Å². The highest BCUT2D eigenvalue weighted by atomic mass is 32.2. The van der Waals surface area contributed by atoms with Gasteiger partial charge in [-0.25, -0.2) is 0 Å². The molecule has 0 heterocycles. The van der Waals surface area contributed by atoms with Crippen LogP contribution in [0.5, 0.6) is 0 Å². The Morgan fingerprint density at radius 1 is 0.938 bits per heavy atom. The number of hydrogen-bond acceptors (Lipinski definition) is 4. The summed E-state index contributed by atoms with van der Waals surface area (Å²) in [5.74, 6) is -0.260. The van der Waals surface area contributed by atoms with E-state index in [0.717, 1.165) is 10.4 Å². The first kappa shape index (κ1) is 24.5. The predicted molar refractivity (Wildman–Crippen MR) is 120 cm³/mol. The molecule has 9 heteroatoms. The highest BCUT2D eigenvalue weighted by Crippen LogP contribution is 2.38. The topological polar surface area (TPSA) is 52.6 Å². The third-order valence-corrected chi connectivity index (χ3v) is 11.7. The third kappa shape index (κ3) is 4.94. The van der Waals surface area contributed by atoms with Crippen molar-refractivity contribution in [3.8, 4) is 0 Å². The van der Waals surface area contributed by atoms with Crippen molar-refractivity contribution in [2.45, 2.75) is 44.2 Å². The van der Waals surface area contributed by atoms with Gasteiger partial charge in [-0.2, -0.15) is 21.6 Å². The normalized spacial score (nSPS) is 17.4. The first-order valence-corrected chi connectivity index (χ1v) is 13.6. The first-order valence-electron chi connectivity index (χ1n) is 10.3. The number of hydrogen-bond donors (Lipinski definition) is 0. The van der Waals surface area contributed by atoms with E-state index in [1.54, 1.807) is 0 Å². The second kappa shape index (κ2) is 9.03. The minimum absolute atomic E-state index is 0.0911. The molecule has 0 fully saturated rings. The van der Waals surface area contributed by atoms with Gasteiger partial charge in [0.15, 0.2) is 0 Å². The van der Waals surface area contributed by atoms with Gasteiger partial charge >= 0.3 is 15.6 Å². The van der Waals surface area contributed by atoms with E-state index in [1.807, 2.05) is 36.4 Å². The number of benzene rings is 2. The minimum atomic E-state index is -5.61. The van der Waals surface area contributed by atoms with Crippen molar-refractivity contribution < 1.29 is 30.2 Å². The largest absolute Gasteiger partial charge is 0.534 e. The average molecular weight is 485 g/mol. The molecule has 0 radical (unpaired) electrons. The van der Waals surface area contributed by atoms with Gasteiger partial charge < -0.3 is 8.61 Å². The standard InChI is InChI=1S/C23H27F3O4SSi/c1-22(2,3)32(20-10-6-4-7-11-20,21-12-8-5-9-13-21)29-15-14-18-16-19(17-18)30-31(27,28)23(24,25)26/h4-13,16,18H,14-15,17H2,1-3H3. The second-order valence-corrected chi connectivity index (χ2v) is 14.7. The summed E-state index contributed by atoms with van der Waals surface area (Å²) in [5, 5.41) is 2.10. The van der Waals surface area contributed by atoms with Gasteiger partial charge in [-0.05, 0) is 33.8 Å². The van der Waals surface area contributed by atoms with Gasteiger partial charge in [-0.1, -0.05) is 81.4 Å². The maximum Gasteiger partial charge on any atom is 0.534 e. The van der Waals surface area contributed by atoms with Crippen LogP contribution in [0.1, 0.15) is 33.6 Å². The van der Waals surface area contributed by atoms with Crippen LogP contribution in [0, 0.1) is 5.92 Å². The van der Waals surface area contributed by atoms with E-state index in [9.17, 15) is 21.6 Å². The van der Waals surface area contributed by atoms with Crippen molar-refractivity contribution in [2.75, 3.05) is 6.61 Å². The Balaban J connectivity index is 1.77. The lowest BCUT2D eigenvalue weighted by atomic mass is 9.90. The molecule has 3 rings (SSSR count). The maximum atomic E-state index is 12.5. The smallest absolute Gasteiger partial charge is 0.407 e. The molecular formula is C23H27F3O4SSi. The summed E-state index contributed by atoms with van der Waals surface area (Å²) < 4.78 is 70.6. The highest BCUT2D eigenvalue weighted by Gasteiger charge is 2.51. The Morgan fingerprint density at radius 2 is 1.41 bits per heavy atom. The molecule has 0 saturated heterocycles. The maximum absolute atomic E-state index is 12.5. The molecule has 0 saturated carbocycles. The van der Waals surface area contributed by atoms with Crippen LogP contribution in [0.25, 0.3) is 0 Å². The van der Waals surface area contributed by atoms with Crippen LogP contribution in [0.4, 0.5) is 13.2 Å². The lowest BCUT2D eigenvalue weighted by Crippen LogP contribution is -2.66. The fourth-order valence-corrected chi connectivity index (χ4v) is 9.13. The predicted octanol–water partition coefficient (Wildman–Crippen LogP) is 4.72. The summed E-state index contributed by atoms with van der Waals surface area (Å²) in [6, 6.07) is 20.2. The van der Waals surface area contributed by atoms with Crippen molar-refractivity contribution in [2.24, 2.45) is 5.92 Å². The van der Waals surface area contributed by atoms with E-state index in [1.165, 1.54) is 6.08 Å². The SMILES string of the molecule is CC(C)(C)[Si](OCCC1C=C(OS(=O)(=O)C(F)(F)F)C1)(c1ccccc1)c1ccccc1. The zero-order valence-corrected chi connectivity index (χ0v) is 20.0. The summed E-state index contributed by atoms with van der Waals surface area (Å²) in [5.41, 5.74) is -5.43. The fourth-order valence-electron chi connectivity index (χ4n) is 4.05. The summed E-state index contributed by atoms with van der Waals surface area (Å²) in [6.07, 6.45) is 2.13. The molecule has 4 nitrogen and oxygen atoms in total. The van der Waals surface area contributed by atoms with Crippen molar-refractivity contribution in [3.05, 3.63) is 72.5 Å². The Morgan fingerprint density at radius 3 is 1.81 bits per heavy atom. The lowest BCUT2D eigenvalue weighted by molar-refractivity contribution is -0.0527. The third-order valence-electron chi connectivity index (χ3n) is 5.61. The highest BCUT2D eigenvalue weighted by molar-refractivity contribution is 7.87. The van der Waals surface area contributed by atoms with Gasteiger partial charge in [0.25, 0.3) is 8.32 Å². The summed E-state index contributed by atoms with van der Waals surface area (Å²) >= 11 is 0. The summed E-state index contributed by atoms with van der Waals surface area (Å²) in [7, 11) is -8.29. The van der Waals surface area contributed by atoms with Crippen molar-refractivity contribution in [3.63, 3.8) is 0 Å². The van der Waals surface area contributed by atoms with Crippen LogP contribution in [0.3, 0.4) is 0 Å². The quantitative estimate of drug-likeness (QED) is 0.309. The molecule has 0 spiro atoms. The van der Waals surface area contributed by atoms with E-state index in [4.69, 9.17) is 4.43 Å². The lowest BCUT2D eigenvalue weighted by Gasteiger charge is -2.43. The molecule has 174 valence electrons.